The van der Waals surface area contributed by atoms with E-state index in [1.807, 2.05) is 30.3 Å². The first kappa shape index (κ1) is 9.96. The summed E-state index contributed by atoms with van der Waals surface area (Å²) in [4.78, 5) is 4.79. The van der Waals surface area contributed by atoms with Gasteiger partial charge in [-0.05, 0) is 16.8 Å². The third-order valence-corrected chi connectivity index (χ3v) is 2.41. The molecule has 0 aliphatic rings. The second kappa shape index (κ2) is 4.29. The minimum Gasteiger partial charge on any atom is -0.508 e. The molecule has 0 aliphatic heterocycles. The van der Waals surface area contributed by atoms with Crippen LogP contribution in [0.25, 0.3) is 10.8 Å². The molecule has 0 fully saturated rings. The lowest BCUT2D eigenvalue weighted by Gasteiger charge is -2.08. The van der Waals surface area contributed by atoms with Crippen LogP contribution in [0.3, 0.4) is 0 Å². The molecule has 0 aromatic heterocycles. The number of nitrogens with one attached hydrogen (secondary N) is 1. The Morgan fingerprint density at radius 1 is 1.20 bits per heavy atom. The molecule has 3 nitrogen and oxygen atoms in total. The minimum atomic E-state index is 0.290. The maximum atomic E-state index is 9.74. The van der Waals surface area contributed by atoms with Gasteiger partial charge in [0.05, 0.1) is 13.7 Å². The lowest BCUT2D eigenvalue weighted by Crippen LogP contribution is -2.11. The maximum absolute atomic E-state index is 9.74. The summed E-state index contributed by atoms with van der Waals surface area (Å²) in [5.41, 5.74) is 3.59. The van der Waals surface area contributed by atoms with Gasteiger partial charge in [-0.2, -0.15) is 5.48 Å². The van der Waals surface area contributed by atoms with Crippen LogP contribution in [0.15, 0.2) is 36.4 Å². The molecule has 0 atom stereocenters. The van der Waals surface area contributed by atoms with E-state index in [1.54, 1.807) is 13.2 Å². The summed E-state index contributed by atoms with van der Waals surface area (Å²) in [7, 11) is 1.56. The number of hydrogen-bond acceptors (Lipinski definition) is 3. The van der Waals surface area contributed by atoms with Gasteiger partial charge in [0.25, 0.3) is 0 Å². The number of rotatable bonds is 3. The number of hydrogen-bond donors (Lipinski definition) is 2. The summed E-state index contributed by atoms with van der Waals surface area (Å²) in [5.74, 6) is 0.290. The molecular weight excluding hydrogens is 190 g/mol. The summed E-state index contributed by atoms with van der Waals surface area (Å²) >= 11 is 0. The van der Waals surface area contributed by atoms with Gasteiger partial charge < -0.3 is 9.94 Å². The highest BCUT2D eigenvalue weighted by atomic mass is 16.6. The van der Waals surface area contributed by atoms with Crippen LogP contribution >= 0.6 is 0 Å². The fourth-order valence-corrected chi connectivity index (χ4v) is 1.65. The summed E-state index contributed by atoms with van der Waals surface area (Å²) < 4.78 is 0. The van der Waals surface area contributed by atoms with Gasteiger partial charge in [-0.25, -0.2) is 0 Å². The van der Waals surface area contributed by atoms with E-state index in [9.17, 15) is 5.11 Å². The number of phenolic OH excluding ortho intramolecular Hbond substituents is 1. The maximum Gasteiger partial charge on any atom is 0.120 e. The normalized spacial score (nSPS) is 10.7. The summed E-state index contributed by atoms with van der Waals surface area (Å²) in [6.45, 7) is 0.490. The zero-order chi connectivity index (χ0) is 10.7. The highest BCUT2D eigenvalue weighted by Gasteiger charge is 2.05. The predicted octanol–water partition coefficient (Wildman–Crippen LogP) is 2.20. The fraction of sp³-hybridized carbons (Fsp3) is 0.167. The Hall–Kier alpha value is -1.58. The van der Waals surface area contributed by atoms with E-state index in [-0.39, 0.29) is 0 Å². The summed E-state index contributed by atoms with van der Waals surface area (Å²) in [6.07, 6.45) is 0. The zero-order valence-corrected chi connectivity index (χ0v) is 8.53. The molecule has 15 heavy (non-hydrogen) atoms. The Kier molecular flexibility index (Phi) is 2.85. The molecular formula is C12H13NO2. The number of fused-ring (bicyclic) bond motifs is 1. The van der Waals surface area contributed by atoms with Gasteiger partial charge in [0, 0.05) is 5.56 Å². The van der Waals surface area contributed by atoms with Crippen LogP contribution in [0.2, 0.25) is 0 Å². The minimum absolute atomic E-state index is 0.290. The molecule has 0 aliphatic carbocycles. The molecule has 0 saturated carbocycles. The standard InChI is InChI=1S/C12H13NO2/c1-15-13-8-11-10-5-3-2-4-9(10)6-7-12(11)14/h2-7,13-14H,8H2,1H3. The second-order valence-electron chi connectivity index (χ2n) is 3.31. The van der Waals surface area contributed by atoms with Gasteiger partial charge in [-0.3, -0.25) is 0 Å². The van der Waals surface area contributed by atoms with Gasteiger partial charge in [-0.1, -0.05) is 30.3 Å². The Morgan fingerprint density at radius 2 is 2.00 bits per heavy atom. The Balaban J connectivity index is 2.53. The number of hydroxylamine groups is 1. The molecule has 0 saturated heterocycles. The molecule has 0 radical (unpaired) electrons. The molecule has 78 valence electrons. The van der Waals surface area contributed by atoms with Crippen molar-refractivity contribution < 1.29 is 9.94 Å². The molecule has 3 heteroatoms. The molecule has 0 amide bonds. The fourth-order valence-electron chi connectivity index (χ4n) is 1.65. The Morgan fingerprint density at radius 3 is 2.80 bits per heavy atom. The number of phenols is 1. The first-order valence-corrected chi connectivity index (χ1v) is 4.78. The van der Waals surface area contributed by atoms with Crippen LogP contribution in [0, 0.1) is 0 Å². The lowest BCUT2D eigenvalue weighted by atomic mass is 10.0. The average molecular weight is 203 g/mol. The topological polar surface area (TPSA) is 41.5 Å². The first-order valence-electron chi connectivity index (χ1n) is 4.78. The molecule has 2 aromatic carbocycles. The average Bonchev–Trinajstić information content (AvgIpc) is 2.28. The molecule has 0 spiro atoms. The van der Waals surface area contributed by atoms with Crippen molar-refractivity contribution in [3.63, 3.8) is 0 Å². The van der Waals surface area contributed by atoms with Crippen LogP contribution in [-0.2, 0) is 11.4 Å². The smallest absolute Gasteiger partial charge is 0.120 e. The SMILES string of the molecule is CONCc1c(O)ccc2ccccc12. The van der Waals surface area contributed by atoms with Crippen molar-refractivity contribution >= 4 is 10.8 Å². The Bertz CT molecular complexity index is 468. The van der Waals surface area contributed by atoms with E-state index in [0.717, 1.165) is 16.3 Å². The van der Waals surface area contributed by atoms with E-state index in [0.29, 0.717) is 12.3 Å². The van der Waals surface area contributed by atoms with Gasteiger partial charge in [0.1, 0.15) is 5.75 Å². The van der Waals surface area contributed by atoms with Crippen LogP contribution in [0.5, 0.6) is 5.75 Å². The van der Waals surface area contributed by atoms with Crippen LogP contribution in [-0.4, -0.2) is 12.2 Å². The predicted molar refractivity (Wildman–Crippen MR) is 59.5 cm³/mol. The largest absolute Gasteiger partial charge is 0.508 e. The monoisotopic (exact) mass is 203 g/mol. The summed E-state index contributed by atoms with van der Waals surface area (Å²) in [6, 6.07) is 11.5. The quantitative estimate of drug-likeness (QED) is 0.751. The lowest BCUT2D eigenvalue weighted by molar-refractivity contribution is 0.0864. The van der Waals surface area contributed by atoms with E-state index in [2.05, 4.69) is 5.48 Å². The molecule has 2 aromatic rings. The van der Waals surface area contributed by atoms with Crippen molar-refractivity contribution in [3.8, 4) is 5.75 Å². The summed E-state index contributed by atoms with van der Waals surface area (Å²) in [5, 5.41) is 11.9. The molecule has 2 rings (SSSR count). The van der Waals surface area contributed by atoms with E-state index >= 15 is 0 Å². The van der Waals surface area contributed by atoms with Crippen LogP contribution < -0.4 is 5.48 Å². The zero-order valence-electron chi connectivity index (χ0n) is 8.53. The van der Waals surface area contributed by atoms with E-state index in [1.165, 1.54) is 0 Å². The van der Waals surface area contributed by atoms with Crippen molar-refractivity contribution in [1.82, 2.24) is 5.48 Å². The first-order chi connectivity index (χ1) is 7.33. The molecule has 2 N–H and O–H groups in total. The van der Waals surface area contributed by atoms with Crippen molar-refractivity contribution in [2.45, 2.75) is 6.54 Å². The third-order valence-electron chi connectivity index (χ3n) is 2.41. The molecule has 0 heterocycles. The number of aromatic hydroxyl groups is 1. The highest BCUT2D eigenvalue weighted by Crippen LogP contribution is 2.26. The van der Waals surface area contributed by atoms with Gasteiger partial charge in [0.2, 0.25) is 0 Å². The van der Waals surface area contributed by atoms with Gasteiger partial charge >= 0.3 is 0 Å². The molecule has 0 bridgehead atoms. The number of benzene rings is 2. The van der Waals surface area contributed by atoms with Gasteiger partial charge in [-0.15, -0.1) is 0 Å². The van der Waals surface area contributed by atoms with Crippen LogP contribution in [0.1, 0.15) is 5.56 Å². The second-order valence-corrected chi connectivity index (χ2v) is 3.31. The highest BCUT2D eigenvalue weighted by molar-refractivity contribution is 5.87. The van der Waals surface area contributed by atoms with Crippen LogP contribution in [0.4, 0.5) is 0 Å². The molecule has 0 unspecified atom stereocenters. The van der Waals surface area contributed by atoms with Crippen molar-refractivity contribution in [2.75, 3.05) is 7.11 Å². The van der Waals surface area contributed by atoms with Crippen molar-refractivity contribution in [2.24, 2.45) is 0 Å². The van der Waals surface area contributed by atoms with Crippen molar-refractivity contribution in [3.05, 3.63) is 42.0 Å². The van der Waals surface area contributed by atoms with Gasteiger partial charge in [0.15, 0.2) is 0 Å². The Labute approximate surface area is 88.3 Å². The van der Waals surface area contributed by atoms with E-state index in [4.69, 9.17) is 4.84 Å². The van der Waals surface area contributed by atoms with Crippen molar-refractivity contribution in [1.29, 1.82) is 0 Å². The third kappa shape index (κ3) is 1.93. The van der Waals surface area contributed by atoms with E-state index < -0.39 is 0 Å².